The SMILES string of the molecule is O=C(Cc1cc(S(=O)(=O)c2ccccc2)ccc1Cl)c1cc(I)cc(I)c1O. The third-order valence-corrected chi connectivity index (χ3v) is 7.64. The van der Waals surface area contributed by atoms with Crippen molar-refractivity contribution in [3.8, 4) is 5.75 Å². The summed E-state index contributed by atoms with van der Waals surface area (Å²) in [7, 11) is -3.72. The third-order valence-electron chi connectivity index (χ3n) is 4.06. The normalized spacial score (nSPS) is 11.4. The summed E-state index contributed by atoms with van der Waals surface area (Å²) < 4.78 is 27.0. The monoisotopic (exact) mass is 638 g/mol. The Labute approximate surface area is 195 Å². The molecule has 8 heteroatoms. The molecule has 0 saturated heterocycles. The van der Waals surface area contributed by atoms with Crippen LogP contribution in [-0.4, -0.2) is 19.3 Å². The second kappa shape index (κ2) is 8.68. The topological polar surface area (TPSA) is 71.4 Å². The van der Waals surface area contributed by atoms with E-state index in [-0.39, 0.29) is 33.3 Å². The molecule has 3 rings (SSSR count). The van der Waals surface area contributed by atoms with Gasteiger partial charge in [0, 0.05) is 15.0 Å². The molecular weight excluding hydrogens is 626 g/mol. The quantitative estimate of drug-likeness (QED) is 0.296. The van der Waals surface area contributed by atoms with E-state index in [0.29, 0.717) is 14.2 Å². The van der Waals surface area contributed by atoms with Crippen LogP contribution >= 0.6 is 56.8 Å². The number of phenolic OH excluding ortho intramolecular Hbond substituents is 1. The minimum atomic E-state index is -3.72. The second-order valence-corrected chi connectivity index (χ2v) is 10.7. The van der Waals surface area contributed by atoms with Crippen molar-refractivity contribution in [1.82, 2.24) is 0 Å². The molecule has 144 valence electrons. The summed E-state index contributed by atoms with van der Waals surface area (Å²) in [4.78, 5) is 13.0. The number of aromatic hydroxyl groups is 1. The van der Waals surface area contributed by atoms with Crippen LogP contribution in [0.3, 0.4) is 0 Å². The highest BCUT2D eigenvalue weighted by molar-refractivity contribution is 14.1. The Bertz CT molecular complexity index is 1160. The number of hydrogen-bond acceptors (Lipinski definition) is 4. The zero-order valence-electron chi connectivity index (χ0n) is 14.2. The van der Waals surface area contributed by atoms with Crippen LogP contribution < -0.4 is 0 Å². The van der Waals surface area contributed by atoms with Crippen LogP contribution in [0.5, 0.6) is 5.75 Å². The van der Waals surface area contributed by atoms with Crippen molar-refractivity contribution in [2.75, 3.05) is 0 Å². The number of benzene rings is 3. The van der Waals surface area contributed by atoms with E-state index in [0.717, 1.165) is 3.57 Å². The molecule has 0 aliphatic carbocycles. The number of ketones is 1. The lowest BCUT2D eigenvalue weighted by atomic mass is 10.0. The fourth-order valence-electron chi connectivity index (χ4n) is 2.64. The summed E-state index contributed by atoms with van der Waals surface area (Å²) in [6.07, 6.45) is -0.124. The van der Waals surface area contributed by atoms with Gasteiger partial charge in [-0.2, -0.15) is 0 Å². The Morgan fingerprint density at radius 3 is 2.32 bits per heavy atom. The zero-order chi connectivity index (χ0) is 20.5. The molecular formula is C20H13ClI2O4S. The van der Waals surface area contributed by atoms with Gasteiger partial charge in [-0.1, -0.05) is 29.8 Å². The van der Waals surface area contributed by atoms with Crippen LogP contribution in [0.25, 0.3) is 0 Å². The summed E-state index contributed by atoms with van der Waals surface area (Å²) >= 11 is 10.2. The number of carbonyl (C=O) groups excluding carboxylic acids is 1. The maximum absolute atomic E-state index is 12.8. The predicted molar refractivity (Wildman–Crippen MR) is 125 cm³/mol. The Kier molecular flexibility index (Phi) is 6.68. The van der Waals surface area contributed by atoms with Gasteiger partial charge in [-0.15, -0.1) is 0 Å². The van der Waals surface area contributed by atoms with E-state index in [1.165, 1.54) is 30.3 Å². The number of rotatable bonds is 5. The van der Waals surface area contributed by atoms with Crippen LogP contribution in [0, 0.1) is 7.14 Å². The zero-order valence-corrected chi connectivity index (χ0v) is 20.1. The lowest BCUT2D eigenvalue weighted by Crippen LogP contribution is -2.08. The van der Waals surface area contributed by atoms with E-state index in [1.54, 1.807) is 30.3 Å². The number of phenols is 1. The van der Waals surface area contributed by atoms with Crippen LogP contribution in [0.2, 0.25) is 5.02 Å². The maximum Gasteiger partial charge on any atom is 0.206 e. The van der Waals surface area contributed by atoms with Crippen molar-refractivity contribution in [1.29, 1.82) is 0 Å². The average molecular weight is 639 g/mol. The highest BCUT2D eigenvalue weighted by atomic mass is 127. The lowest BCUT2D eigenvalue weighted by Gasteiger charge is -2.10. The smallest absolute Gasteiger partial charge is 0.206 e. The summed E-state index contributed by atoms with van der Waals surface area (Å²) in [6.45, 7) is 0. The van der Waals surface area contributed by atoms with Gasteiger partial charge >= 0.3 is 0 Å². The van der Waals surface area contributed by atoms with E-state index in [1.807, 2.05) is 22.6 Å². The number of hydrogen-bond donors (Lipinski definition) is 1. The van der Waals surface area contributed by atoms with Crippen molar-refractivity contribution in [3.63, 3.8) is 0 Å². The molecule has 0 atom stereocenters. The largest absolute Gasteiger partial charge is 0.506 e. The van der Waals surface area contributed by atoms with Gasteiger partial charge in [0.05, 0.1) is 18.9 Å². The molecule has 1 N–H and O–H groups in total. The first-order valence-corrected chi connectivity index (χ1v) is 12.0. The van der Waals surface area contributed by atoms with Crippen LogP contribution in [0.4, 0.5) is 0 Å². The molecule has 0 aromatic heterocycles. The molecule has 0 bridgehead atoms. The first-order chi connectivity index (χ1) is 13.2. The van der Waals surface area contributed by atoms with Gasteiger partial charge in [0.25, 0.3) is 0 Å². The average Bonchev–Trinajstić information content (AvgIpc) is 2.66. The first-order valence-electron chi connectivity index (χ1n) is 8.00. The molecule has 0 saturated carbocycles. The van der Waals surface area contributed by atoms with Gasteiger partial charge in [0.2, 0.25) is 9.84 Å². The van der Waals surface area contributed by atoms with Crippen molar-refractivity contribution < 1.29 is 18.3 Å². The van der Waals surface area contributed by atoms with Gasteiger partial charge in [0.1, 0.15) is 5.75 Å². The van der Waals surface area contributed by atoms with Crippen molar-refractivity contribution >= 4 is 72.4 Å². The molecule has 3 aromatic carbocycles. The number of halogens is 3. The molecule has 0 spiro atoms. The molecule has 0 fully saturated rings. The summed E-state index contributed by atoms with van der Waals surface area (Å²) in [6, 6.07) is 15.7. The van der Waals surface area contributed by atoms with Crippen LogP contribution in [0.15, 0.2) is 70.5 Å². The molecule has 3 aromatic rings. The molecule has 0 unspecified atom stereocenters. The van der Waals surface area contributed by atoms with Gasteiger partial charge < -0.3 is 5.11 Å². The van der Waals surface area contributed by atoms with E-state index in [4.69, 9.17) is 11.6 Å². The molecule has 28 heavy (non-hydrogen) atoms. The molecule has 0 radical (unpaired) electrons. The number of sulfone groups is 1. The van der Waals surface area contributed by atoms with Crippen molar-refractivity contribution in [2.24, 2.45) is 0 Å². The summed E-state index contributed by atoms with van der Waals surface area (Å²) in [5, 5.41) is 10.5. The standard InChI is InChI=1S/C20H13ClI2O4S/c21-17-7-6-15(28(26,27)14-4-2-1-3-5-14)8-12(17)9-19(24)16-10-13(22)11-18(23)20(16)25/h1-8,10-11,25H,9H2. The third kappa shape index (κ3) is 4.52. The molecule has 0 amide bonds. The van der Waals surface area contributed by atoms with Crippen molar-refractivity contribution in [3.05, 3.63) is 84.0 Å². The van der Waals surface area contributed by atoms with Gasteiger partial charge in [-0.05, 0) is 93.2 Å². The number of Topliss-reactive ketones (excluding diaryl/α,β-unsaturated/α-hetero) is 1. The highest BCUT2D eigenvalue weighted by Crippen LogP contribution is 2.30. The van der Waals surface area contributed by atoms with Crippen LogP contribution in [-0.2, 0) is 16.3 Å². The maximum atomic E-state index is 12.8. The summed E-state index contributed by atoms with van der Waals surface area (Å²) in [5.41, 5.74) is 0.570. The number of carbonyl (C=O) groups is 1. The predicted octanol–water partition coefficient (Wildman–Crippen LogP) is 5.51. The Balaban J connectivity index is 1.98. The van der Waals surface area contributed by atoms with E-state index in [9.17, 15) is 18.3 Å². The fourth-order valence-corrected chi connectivity index (χ4v) is 6.00. The first kappa shape index (κ1) is 21.5. The lowest BCUT2D eigenvalue weighted by molar-refractivity contribution is 0.0990. The van der Waals surface area contributed by atoms with E-state index in [2.05, 4.69) is 22.6 Å². The Morgan fingerprint density at radius 1 is 0.964 bits per heavy atom. The van der Waals surface area contributed by atoms with Crippen LogP contribution in [0.1, 0.15) is 15.9 Å². The van der Waals surface area contributed by atoms with Gasteiger partial charge in [-0.25, -0.2) is 8.42 Å². The molecule has 0 aliphatic heterocycles. The molecule has 0 heterocycles. The molecule has 0 aliphatic rings. The second-order valence-electron chi connectivity index (χ2n) is 5.95. The van der Waals surface area contributed by atoms with Crippen molar-refractivity contribution in [2.45, 2.75) is 16.2 Å². The van der Waals surface area contributed by atoms with Gasteiger partial charge in [-0.3, -0.25) is 4.79 Å². The minimum absolute atomic E-state index is 0.0624. The summed E-state index contributed by atoms with van der Waals surface area (Å²) in [5.74, 6) is -0.430. The van der Waals surface area contributed by atoms with E-state index >= 15 is 0 Å². The minimum Gasteiger partial charge on any atom is -0.506 e. The molecule has 4 nitrogen and oxygen atoms in total. The fraction of sp³-hybridized carbons (Fsp3) is 0.0500. The van der Waals surface area contributed by atoms with E-state index < -0.39 is 9.84 Å². The Morgan fingerprint density at radius 2 is 1.64 bits per heavy atom. The Hall–Kier alpha value is -1.17. The van der Waals surface area contributed by atoms with Gasteiger partial charge in [0.15, 0.2) is 5.78 Å². The highest BCUT2D eigenvalue weighted by Gasteiger charge is 2.21.